The van der Waals surface area contributed by atoms with Crippen molar-refractivity contribution in [1.29, 1.82) is 5.26 Å². The molecule has 0 unspecified atom stereocenters. The van der Waals surface area contributed by atoms with Crippen LogP contribution >= 0.6 is 23.2 Å². The van der Waals surface area contributed by atoms with Crippen LogP contribution in [0.2, 0.25) is 10.0 Å². The van der Waals surface area contributed by atoms with Crippen molar-refractivity contribution in [2.24, 2.45) is 0 Å². The molecule has 1 amide bonds. The summed E-state index contributed by atoms with van der Waals surface area (Å²) in [6.45, 7) is 4.71. The van der Waals surface area contributed by atoms with Crippen LogP contribution in [0.4, 0.5) is 0 Å². The number of nitriles is 1. The number of hydrogen-bond donors (Lipinski definition) is 0. The fourth-order valence-electron chi connectivity index (χ4n) is 2.46. The molecular formula is C17H21Cl2N3O3. The number of hydrogen-bond acceptors (Lipinski definition) is 5. The molecule has 1 fully saturated rings. The van der Waals surface area contributed by atoms with Crippen LogP contribution in [0.15, 0.2) is 18.2 Å². The standard InChI is InChI=1S/C17H21Cl2N3O3/c18-14-2-3-16(15(19)12-14)25-13-17(23)22(5-1-4-20)7-6-21-8-10-24-11-9-21/h2-3,12H,1,5-11,13H2. The van der Waals surface area contributed by atoms with E-state index in [-0.39, 0.29) is 18.9 Å². The first-order valence-corrected chi connectivity index (χ1v) is 8.88. The van der Waals surface area contributed by atoms with Crippen molar-refractivity contribution in [1.82, 2.24) is 9.80 Å². The van der Waals surface area contributed by atoms with Crippen molar-refractivity contribution in [2.45, 2.75) is 6.42 Å². The number of nitrogens with zero attached hydrogens (tertiary/aromatic N) is 3. The smallest absolute Gasteiger partial charge is 0.260 e. The Bertz CT molecular complexity index is 616. The topological polar surface area (TPSA) is 65.8 Å². The number of halogens is 2. The van der Waals surface area contributed by atoms with Gasteiger partial charge in [0.2, 0.25) is 0 Å². The molecule has 0 aliphatic carbocycles. The molecule has 6 nitrogen and oxygen atoms in total. The normalized spacial score (nSPS) is 14.8. The Labute approximate surface area is 157 Å². The molecule has 1 aliphatic rings. The minimum Gasteiger partial charge on any atom is -0.482 e. The average molecular weight is 386 g/mol. The third-order valence-electron chi connectivity index (χ3n) is 3.88. The lowest BCUT2D eigenvalue weighted by molar-refractivity contribution is -0.133. The van der Waals surface area contributed by atoms with E-state index in [4.69, 9.17) is 37.9 Å². The SMILES string of the molecule is N#CCCN(CCN1CCOCC1)C(=O)COc1ccc(Cl)cc1Cl. The molecular weight excluding hydrogens is 365 g/mol. The van der Waals surface area contributed by atoms with E-state index in [1.807, 2.05) is 0 Å². The third kappa shape index (κ3) is 6.71. The number of amides is 1. The van der Waals surface area contributed by atoms with E-state index in [2.05, 4.69) is 11.0 Å². The molecule has 2 rings (SSSR count). The first-order chi connectivity index (χ1) is 12.1. The predicted molar refractivity (Wildman–Crippen MR) is 96.0 cm³/mol. The Morgan fingerprint density at radius 2 is 2.08 bits per heavy atom. The number of carbonyl (C=O) groups is 1. The van der Waals surface area contributed by atoms with E-state index >= 15 is 0 Å². The molecule has 0 bridgehead atoms. The van der Waals surface area contributed by atoms with Crippen LogP contribution < -0.4 is 4.74 Å². The van der Waals surface area contributed by atoms with E-state index in [1.54, 1.807) is 23.1 Å². The Kier molecular flexibility index (Phi) is 8.29. The summed E-state index contributed by atoms with van der Waals surface area (Å²) in [5, 5.41) is 9.67. The lowest BCUT2D eigenvalue weighted by atomic mass is 10.3. The van der Waals surface area contributed by atoms with Crippen LogP contribution in [0.1, 0.15) is 6.42 Å². The Balaban J connectivity index is 1.86. The summed E-state index contributed by atoms with van der Waals surface area (Å²) < 4.78 is 10.8. The molecule has 0 radical (unpaired) electrons. The second-order valence-electron chi connectivity index (χ2n) is 5.61. The molecule has 1 saturated heterocycles. The average Bonchev–Trinajstić information content (AvgIpc) is 2.61. The Morgan fingerprint density at radius 3 is 2.76 bits per heavy atom. The van der Waals surface area contributed by atoms with Gasteiger partial charge in [-0.1, -0.05) is 23.2 Å². The maximum absolute atomic E-state index is 12.5. The van der Waals surface area contributed by atoms with Crippen LogP contribution in [-0.4, -0.2) is 68.3 Å². The van der Waals surface area contributed by atoms with Crippen LogP contribution in [0.5, 0.6) is 5.75 Å². The Morgan fingerprint density at radius 1 is 1.32 bits per heavy atom. The second kappa shape index (κ2) is 10.5. The fraction of sp³-hybridized carbons (Fsp3) is 0.529. The van der Waals surface area contributed by atoms with Crippen molar-refractivity contribution in [3.8, 4) is 11.8 Å². The van der Waals surface area contributed by atoms with Gasteiger partial charge in [0, 0.05) is 37.7 Å². The largest absolute Gasteiger partial charge is 0.482 e. The van der Waals surface area contributed by atoms with Gasteiger partial charge in [0.05, 0.1) is 30.7 Å². The molecule has 0 aromatic heterocycles. The van der Waals surface area contributed by atoms with Crippen LogP contribution in [-0.2, 0) is 9.53 Å². The van der Waals surface area contributed by atoms with E-state index in [0.29, 0.717) is 42.1 Å². The van der Waals surface area contributed by atoms with Crippen molar-refractivity contribution in [3.05, 3.63) is 28.2 Å². The molecule has 0 N–H and O–H groups in total. The molecule has 0 atom stereocenters. The van der Waals surface area contributed by atoms with Gasteiger partial charge in [-0.15, -0.1) is 0 Å². The van der Waals surface area contributed by atoms with Gasteiger partial charge < -0.3 is 14.4 Å². The van der Waals surface area contributed by atoms with Gasteiger partial charge >= 0.3 is 0 Å². The highest BCUT2D eigenvalue weighted by atomic mass is 35.5. The molecule has 1 aliphatic heterocycles. The number of benzene rings is 1. The quantitative estimate of drug-likeness (QED) is 0.687. The van der Waals surface area contributed by atoms with Crippen molar-refractivity contribution >= 4 is 29.1 Å². The predicted octanol–water partition coefficient (Wildman–Crippen LogP) is 2.45. The van der Waals surface area contributed by atoms with Gasteiger partial charge in [0.1, 0.15) is 5.75 Å². The van der Waals surface area contributed by atoms with Crippen LogP contribution in [0, 0.1) is 11.3 Å². The molecule has 1 heterocycles. The molecule has 25 heavy (non-hydrogen) atoms. The van der Waals surface area contributed by atoms with Crippen molar-refractivity contribution < 1.29 is 14.3 Å². The molecule has 136 valence electrons. The monoisotopic (exact) mass is 385 g/mol. The highest BCUT2D eigenvalue weighted by Crippen LogP contribution is 2.27. The van der Waals surface area contributed by atoms with Crippen LogP contribution in [0.3, 0.4) is 0 Å². The van der Waals surface area contributed by atoms with E-state index in [1.165, 1.54) is 0 Å². The summed E-state index contributed by atoms with van der Waals surface area (Å²) in [5.74, 6) is 0.238. The summed E-state index contributed by atoms with van der Waals surface area (Å²) in [6.07, 6.45) is 0.288. The number of carbonyl (C=O) groups excluding carboxylic acids is 1. The van der Waals surface area contributed by atoms with Gasteiger partial charge in [0.25, 0.3) is 5.91 Å². The number of morpholine rings is 1. The zero-order valence-corrected chi connectivity index (χ0v) is 15.4. The van der Waals surface area contributed by atoms with Gasteiger partial charge in [-0.25, -0.2) is 0 Å². The third-order valence-corrected chi connectivity index (χ3v) is 4.41. The summed E-state index contributed by atoms with van der Waals surface area (Å²) in [6, 6.07) is 6.92. The maximum atomic E-state index is 12.5. The molecule has 8 heteroatoms. The van der Waals surface area contributed by atoms with Crippen LogP contribution in [0.25, 0.3) is 0 Å². The zero-order valence-electron chi connectivity index (χ0n) is 13.9. The van der Waals surface area contributed by atoms with Gasteiger partial charge in [0.15, 0.2) is 6.61 Å². The second-order valence-corrected chi connectivity index (χ2v) is 6.45. The zero-order chi connectivity index (χ0) is 18.1. The minimum absolute atomic E-state index is 0.129. The fourth-order valence-corrected chi connectivity index (χ4v) is 2.92. The van der Waals surface area contributed by atoms with Gasteiger partial charge in [-0.05, 0) is 18.2 Å². The lowest BCUT2D eigenvalue weighted by Gasteiger charge is -2.29. The molecule has 1 aromatic carbocycles. The van der Waals surface area contributed by atoms with Crippen molar-refractivity contribution in [2.75, 3.05) is 52.5 Å². The highest BCUT2D eigenvalue weighted by molar-refractivity contribution is 6.35. The summed E-state index contributed by atoms with van der Waals surface area (Å²) >= 11 is 11.9. The van der Waals surface area contributed by atoms with E-state index < -0.39 is 0 Å². The van der Waals surface area contributed by atoms with Gasteiger partial charge in [-0.3, -0.25) is 9.69 Å². The minimum atomic E-state index is -0.172. The summed E-state index contributed by atoms with van der Waals surface area (Å²) in [7, 11) is 0. The molecule has 0 saturated carbocycles. The first kappa shape index (κ1) is 19.8. The first-order valence-electron chi connectivity index (χ1n) is 8.13. The number of rotatable bonds is 8. The Hall–Kier alpha value is -1.52. The molecule has 0 spiro atoms. The van der Waals surface area contributed by atoms with E-state index in [0.717, 1.165) is 19.6 Å². The van der Waals surface area contributed by atoms with Gasteiger partial charge in [-0.2, -0.15) is 5.26 Å². The highest BCUT2D eigenvalue weighted by Gasteiger charge is 2.17. The maximum Gasteiger partial charge on any atom is 0.260 e. The summed E-state index contributed by atoms with van der Waals surface area (Å²) in [4.78, 5) is 16.4. The number of ether oxygens (including phenoxy) is 2. The molecule has 1 aromatic rings. The summed E-state index contributed by atoms with van der Waals surface area (Å²) in [5.41, 5.74) is 0. The lowest BCUT2D eigenvalue weighted by Crippen LogP contribution is -2.44. The van der Waals surface area contributed by atoms with Crippen molar-refractivity contribution in [3.63, 3.8) is 0 Å². The van der Waals surface area contributed by atoms with E-state index in [9.17, 15) is 4.79 Å².